The van der Waals surface area contributed by atoms with Crippen molar-refractivity contribution < 1.29 is 14.4 Å². The minimum Gasteiger partial charge on any atom is -0.320 e. The summed E-state index contributed by atoms with van der Waals surface area (Å²) in [5.41, 5.74) is 8.16. The summed E-state index contributed by atoms with van der Waals surface area (Å²) in [5.74, 6) is -2.21. The van der Waals surface area contributed by atoms with Crippen molar-refractivity contribution in [3.8, 4) is 0 Å². The topological polar surface area (TPSA) is 92.2 Å². The van der Waals surface area contributed by atoms with Crippen molar-refractivity contribution in [2.75, 3.05) is 16.1 Å². The number of anilines is 2. The van der Waals surface area contributed by atoms with Crippen LogP contribution >= 0.6 is 11.6 Å². The Bertz CT molecular complexity index is 1450. The molecule has 3 N–H and O–H groups in total. The molecule has 35 heavy (non-hydrogen) atoms. The van der Waals surface area contributed by atoms with Crippen molar-refractivity contribution in [1.29, 1.82) is 0 Å². The van der Waals surface area contributed by atoms with Crippen LogP contribution in [0.1, 0.15) is 32.7 Å². The number of hydrogen-bond acceptors (Lipinski definition) is 3. The first-order chi connectivity index (χ1) is 16.6. The standard InChI is InChI=1S/C27H25ClN4O3/c1-15-10-16(2)12-21(11-15)29-26(34)27(35)31-32-22-9-8-20(28)13-19(22)14-23(32)25(33)30-24-17(3)6-5-7-18(24)4/h5-14H,1-4H3,(H,29,34)(H,30,33)(H,31,35). The predicted octanol–water partition coefficient (Wildman–Crippen LogP) is 5.49. The molecule has 4 aromatic rings. The quantitative estimate of drug-likeness (QED) is 0.332. The summed E-state index contributed by atoms with van der Waals surface area (Å²) >= 11 is 6.14. The Kier molecular flexibility index (Phi) is 6.62. The molecule has 1 aromatic heterocycles. The Labute approximate surface area is 208 Å². The van der Waals surface area contributed by atoms with Gasteiger partial charge in [0, 0.05) is 21.8 Å². The molecule has 0 radical (unpaired) electrons. The fourth-order valence-electron chi connectivity index (χ4n) is 4.05. The summed E-state index contributed by atoms with van der Waals surface area (Å²) in [6.07, 6.45) is 0. The number of carbonyl (C=O) groups excluding carboxylic acids is 3. The normalized spacial score (nSPS) is 10.8. The van der Waals surface area contributed by atoms with Crippen LogP contribution in [0.25, 0.3) is 10.9 Å². The van der Waals surface area contributed by atoms with E-state index in [4.69, 9.17) is 11.6 Å². The molecule has 0 bridgehead atoms. The molecule has 0 saturated heterocycles. The molecule has 0 aliphatic rings. The zero-order valence-electron chi connectivity index (χ0n) is 19.8. The molecule has 1 heterocycles. The molecule has 0 aliphatic heterocycles. The predicted molar refractivity (Wildman–Crippen MR) is 140 cm³/mol. The zero-order valence-corrected chi connectivity index (χ0v) is 20.6. The van der Waals surface area contributed by atoms with Gasteiger partial charge in [-0.05, 0) is 86.3 Å². The molecule has 3 amide bonds. The van der Waals surface area contributed by atoms with Gasteiger partial charge in [-0.1, -0.05) is 35.9 Å². The highest BCUT2D eigenvalue weighted by Gasteiger charge is 2.22. The second kappa shape index (κ2) is 9.64. The summed E-state index contributed by atoms with van der Waals surface area (Å²) in [6, 6.07) is 17.8. The fraction of sp³-hybridized carbons (Fsp3) is 0.148. The molecule has 8 heteroatoms. The Balaban J connectivity index is 1.65. The number of rotatable bonds is 4. The lowest BCUT2D eigenvalue weighted by Crippen LogP contribution is -2.36. The lowest BCUT2D eigenvalue weighted by Gasteiger charge is -2.15. The highest BCUT2D eigenvalue weighted by Crippen LogP contribution is 2.25. The third kappa shape index (κ3) is 5.20. The average Bonchev–Trinajstić information content (AvgIpc) is 3.12. The van der Waals surface area contributed by atoms with Gasteiger partial charge >= 0.3 is 11.8 Å². The van der Waals surface area contributed by atoms with E-state index in [1.165, 1.54) is 4.68 Å². The van der Waals surface area contributed by atoms with Crippen molar-refractivity contribution >= 4 is 51.6 Å². The second-order valence-corrected chi connectivity index (χ2v) is 9.00. The molecule has 3 aromatic carbocycles. The van der Waals surface area contributed by atoms with Crippen LogP contribution in [0.4, 0.5) is 11.4 Å². The Morgan fingerprint density at radius 1 is 0.771 bits per heavy atom. The number of nitrogens with one attached hydrogen (secondary N) is 3. The van der Waals surface area contributed by atoms with E-state index in [2.05, 4.69) is 16.1 Å². The van der Waals surface area contributed by atoms with Gasteiger partial charge in [0.25, 0.3) is 5.91 Å². The lowest BCUT2D eigenvalue weighted by molar-refractivity contribution is -0.133. The second-order valence-electron chi connectivity index (χ2n) is 8.56. The van der Waals surface area contributed by atoms with E-state index in [1.807, 2.05) is 52.0 Å². The SMILES string of the molecule is Cc1cc(C)cc(NC(=O)C(=O)Nn2c(C(=O)Nc3c(C)cccc3C)cc3cc(Cl)ccc32)c1. The molecule has 4 rings (SSSR count). The van der Waals surface area contributed by atoms with Crippen LogP contribution in [0, 0.1) is 27.7 Å². The van der Waals surface area contributed by atoms with Crippen LogP contribution in [0.15, 0.2) is 60.7 Å². The third-order valence-electron chi connectivity index (χ3n) is 5.62. The zero-order chi connectivity index (χ0) is 25.3. The van der Waals surface area contributed by atoms with Gasteiger partial charge in [0.2, 0.25) is 0 Å². The minimum atomic E-state index is -0.919. The molecular formula is C27H25ClN4O3. The van der Waals surface area contributed by atoms with Crippen LogP contribution in [0.5, 0.6) is 0 Å². The Morgan fingerprint density at radius 3 is 2.09 bits per heavy atom. The number of aryl methyl sites for hydroxylation is 4. The Morgan fingerprint density at radius 2 is 1.43 bits per heavy atom. The van der Waals surface area contributed by atoms with Crippen LogP contribution in [0.3, 0.4) is 0 Å². The summed E-state index contributed by atoms with van der Waals surface area (Å²) < 4.78 is 1.30. The number of para-hydroxylation sites is 1. The molecule has 0 unspecified atom stereocenters. The smallest absolute Gasteiger partial charge is 0.320 e. The minimum absolute atomic E-state index is 0.150. The first-order valence-electron chi connectivity index (χ1n) is 11.0. The average molecular weight is 489 g/mol. The van der Waals surface area contributed by atoms with E-state index < -0.39 is 17.7 Å². The lowest BCUT2D eigenvalue weighted by atomic mass is 10.1. The maximum Gasteiger partial charge on any atom is 0.328 e. The van der Waals surface area contributed by atoms with Gasteiger partial charge in [-0.2, -0.15) is 0 Å². The molecule has 7 nitrogen and oxygen atoms in total. The van der Waals surface area contributed by atoms with Crippen molar-refractivity contribution in [2.45, 2.75) is 27.7 Å². The van der Waals surface area contributed by atoms with Gasteiger partial charge in [0.05, 0.1) is 5.52 Å². The van der Waals surface area contributed by atoms with Crippen molar-refractivity contribution in [3.05, 3.63) is 93.6 Å². The van der Waals surface area contributed by atoms with Gasteiger partial charge in [-0.3, -0.25) is 19.8 Å². The number of benzene rings is 3. The molecule has 0 fully saturated rings. The van der Waals surface area contributed by atoms with Gasteiger partial charge in [-0.15, -0.1) is 0 Å². The number of fused-ring (bicyclic) bond motifs is 1. The molecule has 0 saturated carbocycles. The summed E-state index contributed by atoms with van der Waals surface area (Å²) in [7, 11) is 0. The molecule has 0 spiro atoms. The maximum atomic E-state index is 13.3. The summed E-state index contributed by atoms with van der Waals surface area (Å²) in [6.45, 7) is 7.61. The van der Waals surface area contributed by atoms with E-state index in [0.29, 0.717) is 27.3 Å². The van der Waals surface area contributed by atoms with Crippen LogP contribution in [-0.4, -0.2) is 22.4 Å². The summed E-state index contributed by atoms with van der Waals surface area (Å²) in [5, 5.41) is 6.65. The van der Waals surface area contributed by atoms with Gasteiger partial charge < -0.3 is 10.6 Å². The van der Waals surface area contributed by atoms with Crippen LogP contribution in [0.2, 0.25) is 5.02 Å². The van der Waals surface area contributed by atoms with Crippen molar-refractivity contribution in [2.24, 2.45) is 0 Å². The number of carbonyl (C=O) groups is 3. The van der Waals surface area contributed by atoms with Gasteiger partial charge in [-0.25, -0.2) is 4.68 Å². The molecular weight excluding hydrogens is 464 g/mol. The highest BCUT2D eigenvalue weighted by molar-refractivity contribution is 6.42. The first kappa shape index (κ1) is 24.0. The largest absolute Gasteiger partial charge is 0.328 e. The monoisotopic (exact) mass is 488 g/mol. The van der Waals surface area contributed by atoms with Crippen molar-refractivity contribution in [1.82, 2.24) is 4.68 Å². The van der Waals surface area contributed by atoms with E-state index in [9.17, 15) is 14.4 Å². The van der Waals surface area contributed by atoms with E-state index in [0.717, 1.165) is 22.3 Å². The first-order valence-corrected chi connectivity index (χ1v) is 11.4. The van der Waals surface area contributed by atoms with Gasteiger partial charge in [0.1, 0.15) is 5.69 Å². The number of halogens is 1. The number of hydrogen-bond donors (Lipinski definition) is 3. The molecule has 0 aliphatic carbocycles. The Hall–Kier alpha value is -4.10. The van der Waals surface area contributed by atoms with E-state index >= 15 is 0 Å². The summed E-state index contributed by atoms with van der Waals surface area (Å²) in [4.78, 5) is 38.8. The number of nitrogens with zero attached hydrogens (tertiary/aromatic N) is 1. The number of amides is 3. The van der Waals surface area contributed by atoms with Crippen LogP contribution in [-0.2, 0) is 9.59 Å². The highest BCUT2D eigenvalue weighted by atomic mass is 35.5. The fourth-order valence-corrected chi connectivity index (χ4v) is 4.23. The van der Waals surface area contributed by atoms with Crippen molar-refractivity contribution in [3.63, 3.8) is 0 Å². The maximum absolute atomic E-state index is 13.3. The van der Waals surface area contributed by atoms with E-state index in [-0.39, 0.29) is 5.69 Å². The molecule has 178 valence electrons. The van der Waals surface area contributed by atoms with Crippen LogP contribution < -0.4 is 16.1 Å². The number of aromatic nitrogens is 1. The third-order valence-corrected chi connectivity index (χ3v) is 5.85. The van der Waals surface area contributed by atoms with Gasteiger partial charge in [0.15, 0.2) is 0 Å². The van der Waals surface area contributed by atoms with E-state index in [1.54, 1.807) is 36.4 Å². The molecule has 0 atom stereocenters.